The van der Waals surface area contributed by atoms with E-state index in [1.54, 1.807) is 0 Å². The second-order valence-corrected chi connectivity index (χ2v) is 3.50. The maximum Gasteiger partial charge on any atom is 0.0219 e. The predicted molar refractivity (Wildman–Crippen MR) is 60.1 cm³/mol. The molecular weight excluding hydrogens is 273 g/mol. The van der Waals surface area contributed by atoms with E-state index in [0.717, 1.165) is 18.5 Å². The van der Waals surface area contributed by atoms with Gasteiger partial charge in [-0.05, 0) is 18.5 Å². The Kier molecular flexibility index (Phi) is 4.76. The Morgan fingerprint density at radius 1 is 1.06 bits per heavy atom. The second kappa shape index (κ2) is 5.65. The minimum atomic E-state index is 0. The zero-order valence-electron chi connectivity index (χ0n) is 9.27. The molecule has 0 unspecified atom stereocenters. The van der Waals surface area contributed by atoms with Gasteiger partial charge in [-0.3, -0.25) is 0 Å². The Morgan fingerprint density at radius 2 is 1.81 bits per heavy atom. The number of hydrogen-bond acceptors (Lipinski definition) is 2. The summed E-state index contributed by atoms with van der Waals surface area (Å²) < 4.78 is 0. The van der Waals surface area contributed by atoms with Crippen LogP contribution in [-0.4, -0.2) is 9.97 Å². The van der Waals surface area contributed by atoms with Crippen LogP contribution in [0, 0.1) is 13.8 Å². The van der Waals surface area contributed by atoms with Crippen molar-refractivity contribution in [2.24, 2.45) is 0 Å². The average Bonchev–Trinajstić information content (AvgIpc) is 2.29. The predicted octanol–water partition coefficient (Wildman–Crippen LogP) is 2.49. The molecule has 1 aromatic carbocycles. The van der Waals surface area contributed by atoms with Crippen LogP contribution in [0.1, 0.15) is 11.1 Å². The summed E-state index contributed by atoms with van der Waals surface area (Å²) in [5.74, 6) is 0. The Balaban J connectivity index is 0.000000640. The molecule has 0 saturated heterocycles. The molecule has 0 N–H and O–H groups in total. The molecule has 0 aliphatic heterocycles. The summed E-state index contributed by atoms with van der Waals surface area (Å²) in [5, 5.41) is 0. The van der Waals surface area contributed by atoms with Gasteiger partial charge in [-0.15, -0.1) is 5.56 Å². The summed E-state index contributed by atoms with van der Waals surface area (Å²) in [5.41, 5.74) is 4.92. The van der Waals surface area contributed by atoms with Gasteiger partial charge in [0.1, 0.15) is 0 Å². The summed E-state index contributed by atoms with van der Waals surface area (Å²) in [4.78, 5) is 8.16. The van der Waals surface area contributed by atoms with E-state index in [0.29, 0.717) is 0 Å². The zero-order chi connectivity index (χ0) is 9.38. The van der Waals surface area contributed by atoms with Crippen molar-refractivity contribution in [3.8, 4) is 11.3 Å². The summed E-state index contributed by atoms with van der Waals surface area (Å²) >= 11 is 0. The number of hydrogen-bond donors (Lipinski definition) is 0. The average molecular weight is 285 g/mol. The first-order valence-electron chi connectivity index (χ1n) is 4.75. The van der Waals surface area contributed by atoms with Crippen LogP contribution in [0.5, 0.6) is 0 Å². The van der Waals surface area contributed by atoms with Crippen molar-refractivity contribution in [3.05, 3.63) is 55.3 Å². The molecule has 3 heteroatoms. The third-order valence-corrected chi connectivity index (χ3v) is 2.68. The van der Waals surface area contributed by atoms with Crippen molar-refractivity contribution >= 4 is 0 Å². The van der Waals surface area contributed by atoms with Crippen LogP contribution < -0.4 is 0 Å². The third-order valence-electron chi connectivity index (χ3n) is 2.68. The Labute approximate surface area is 121 Å². The normalized spacial score (nSPS) is 11.5. The molecule has 1 aliphatic carbocycles. The van der Waals surface area contributed by atoms with Gasteiger partial charge in [0, 0.05) is 39.0 Å². The molecule has 16 heavy (non-hydrogen) atoms. The summed E-state index contributed by atoms with van der Waals surface area (Å²) in [6, 6.07) is 8.42. The molecule has 0 saturated carbocycles. The van der Waals surface area contributed by atoms with Gasteiger partial charge in [0.2, 0.25) is 0 Å². The zero-order valence-corrected chi connectivity index (χ0v) is 12.1. The maximum absolute atomic E-state index is 4.22. The standard InChI is InChI=1S/C12H9N2.CH3.Y/c1-2-4-11-9(3-1)5-6-10-7-13-8-14-12(10)11;;/h1-4,7H,5-6H2;1H3;/q2*-1;. The number of nitrogens with zero attached hydrogens (tertiary/aromatic N) is 2. The largest absolute Gasteiger partial charge is 0.374 e. The summed E-state index contributed by atoms with van der Waals surface area (Å²) in [6.45, 7) is 0. The number of rotatable bonds is 0. The first-order chi connectivity index (χ1) is 6.95. The van der Waals surface area contributed by atoms with E-state index in [2.05, 4.69) is 40.6 Å². The monoisotopic (exact) mass is 285 g/mol. The minimum absolute atomic E-state index is 0. The van der Waals surface area contributed by atoms with Crippen LogP contribution in [0.3, 0.4) is 0 Å². The van der Waals surface area contributed by atoms with Gasteiger partial charge in [0.15, 0.2) is 0 Å². The Bertz CT molecular complexity index is 437. The molecule has 0 fully saturated rings. The number of benzene rings is 1. The van der Waals surface area contributed by atoms with Crippen LogP contribution >= 0.6 is 0 Å². The summed E-state index contributed by atoms with van der Waals surface area (Å²) in [7, 11) is 0. The Hall–Kier alpha value is -0.596. The van der Waals surface area contributed by atoms with Crippen molar-refractivity contribution in [3.63, 3.8) is 0 Å². The van der Waals surface area contributed by atoms with Gasteiger partial charge >= 0.3 is 0 Å². The van der Waals surface area contributed by atoms with Gasteiger partial charge in [-0.2, -0.15) is 0 Å². The second-order valence-electron chi connectivity index (χ2n) is 3.50. The van der Waals surface area contributed by atoms with Crippen molar-refractivity contribution in [1.29, 1.82) is 0 Å². The van der Waals surface area contributed by atoms with Crippen LogP contribution in [0.2, 0.25) is 0 Å². The summed E-state index contributed by atoms with van der Waals surface area (Å²) in [6.07, 6.45) is 6.67. The number of fused-ring (bicyclic) bond motifs is 3. The van der Waals surface area contributed by atoms with E-state index in [-0.39, 0.29) is 40.1 Å². The molecule has 0 bridgehead atoms. The van der Waals surface area contributed by atoms with Crippen molar-refractivity contribution in [1.82, 2.24) is 9.97 Å². The smallest absolute Gasteiger partial charge is 0.0219 e. The molecule has 2 aromatic rings. The van der Waals surface area contributed by atoms with E-state index < -0.39 is 0 Å². The van der Waals surface area contributed by atoms with Gasteiger partial charge in [-0.1, -0.05) is 41.6 Å². The topological polar surface area (TPSA) is 25.8 Å². The van der Waals surface area contributed by atoms with Gasteiger partial charge < -0.3 is 17.4 Å². The van der Waals surface area contributed by atoms with Crippen molar-refractivity contribution in [2.75, 3.05) is 0 Å². The molecule has 0 amide bonds. The van der Waals surface area contributed by atoms with E-state index in [1.807, 2.05) is 6.20 Å². The molecular formula is C13H12N2Y-2. The molecule has 0 atom stereocenters. The van der Waals surface area contributed by atoms with Crippen molar-refractivity contribution < 1.29 is 32.7 Å². The quantitative estimate of drug-likeness (QED) is 0.695. The maximum atomic E-state index is 4.22. The van der Waals surface area contributed by atoms with Crippen LogP contribution in [0.4, 0.5) is 0 Å². The van der Waals surface area contributed by atoms with E-state index >= 15 is 0 Å². The van der Waals surface area contributed by atoms with Gasteiger partial charge in [0.05, 0.1) is 0 Å². The van der Waals surface area contributed by atoms with Gasteiger partial charge in [0.25, 0.3) is 0 Å². The molecule has 79 valence electrons. The molecule has 1 aromatic heterocycles. The first kappa shape index (κ1) is 13.5. The number of aromatic nitrogens is 2. The molecule has 0 spiro atoms. The van der Waals surface area contributed by atoms with E-state index in [4.69, 9.17) is 0 Å². The number of aryl methyl sites for hydroxylation is 2. The third kappa shape index (κ3) is 2.23. The minimum Gasteiger partial charge on any atom is -0.374 e. The van der Waals surface area contributed by atoms with Gasteiger partial charge in [-0.25, -0.2) is 0 Å². The SMILES string of the molecule is [CH3-].[Y].[c-]1ncc2c(n1)-c1ccccc1CC2. The van der Waals surface area contributed by atoms with Crippen LogP contribution in [0.15, 0.2) is 30.5 Å². The molecule has 2 nitrogen and oxygen atoms in total. The molecule has 1 heterocycles. The van der Waals surface area contributed by atoms with E-state index in [9.17, 15) is 0 Å². The fourth-order valence-corrected chi connectivity index (χ4v) is 1.97. The Morgan fingerprint density at radius 3 is 2.69 bits per heavy atom. The van der Waals surface area contributed by atoms with Crippen molar-refractivity contribution in [2.45, 2.75) is 12.8 Å². The fraction of sp³-hybridized carbons (Fsp3) is 0.154. The molecule has 1 aliphatic rings. The molecule has 1 radical (unpaired) electrons. The fourth-order valence-electron chi connectivity index (χ4n) is 1.97. The molecule has 3 rings (SSSR count). The van der Waals surface area contributed by atoms with E-state index in [1.165, 1.54) is 16.7 Å². The van der Waals surface area contributed by atoms with Crippen LogP contribution in [-0.2, 0) is 45.6 Å². The first-order valence-corrected chi connectivity index (χ1v) is 4.75. The van der Waals surface area contributed by atoms with Crippen LogP contribution in [0.25, 0.3) is 11.3 Å².